The number of nitrogens with zero attached hydrogens (tertiary/aromatic N) is 3. The molecule has 2 aromatic rings. The predicted molar refractivity (Wildman–Crippen MR) is 126 cm³/mol. The molecule has 1 aromatic heterocycles. The zero-order valence-electron chi connectivity index (χ0n) is 19.0. The van der Waals surface area contributed by atoms with Crippen LogP contribution in [0.4, 0.5) is 18.9 Å². The van der Waals surface area contributed by atoms with Gasteiger partial charge in [-0.1, -0.05) is 17.7 Å². The minimum Gasteiger partial charge on any atom is -0.414 e. The molecule has 13 heteroatoms. The van der Waals surface area contributed by atoms with E-state index in [0.29, 0.717) is 18.1 Å². The molecule has 4 rings (SSSR count). The SMILES string of the molecule is O=C(NO)/C(=C\c1cccc(/C=C/C(=O)N2C[C@@H]3C[C@H]2CN3c2ccc(Cl)cc2)n1)OC(=O)C(F)(F)F. The highest BCUT2D eigenvalue weighted by Crippen LogP contribution is 2.35. The second-order valence-corrected chi connectivity index (χ2v) is 8.76. The number of nitrogens with one attached hydrogen (secondary N) is 1. The number of hydrogen-bond acceptors (Lipinski definition) is 7. The van der Waals surface area contributed by atoms with Crippen molar-refractivity contribution < 1.29 is 37.5 Å². The minimum atomic E-state index is -5.35. The summed E-state index contributed by atoms with van der Waals surface area (Å²) in [7, 11) is 0. The number of piperazine rings is 1. The Kier molecular flexibility index (Phi) is 7.50. The topological polar surface area (TPSA) is 112 Å². The first-order valence-corrected chi connectivity index (χ1v) is 11.4. The number of fused-ring (bicyclic) bond motifs is 2. The van der Waals surface area contributed by atoms with E-state index in [1.54, 1.807) is 4.90 Å². The molecule has 37 heavy (non-hydrogen) atoms. The smallest absolute Gasteiger partial charge is 0.414 e. The van der Waals surface area contributed by atoms with Gasteiger partial charge in [-0.15, -0.1) is 0 Å². The molecule has 2 aliphatic heterocycles. The number of likely N-dealkylation sites (tertiary alicyclic amines) is 1. The third-order valence-corrected chi connectivity index (χ3v) is 6.16. The molecule has 2 saturated heterocycles. The van der Waals surface area contributed by atoms with E-state index in [0.717, 1.165) is 23.7 Å². The van der Waals surface area contributed by atoms with E-state index in [2.05, 4.69) is 14.6 Å². The summed E-state index contributed by atoms with van der Waals surface area (Å²) in [6.45, 7) is 1.24. The van der Waals surface area contributed by atoms with Crippen molar-refractivity contribution in [3.8, 4) is 0 Å². The highest BCUT2D eigenvalue weighted by molar-refractivity contribution is 6.30. The van der Waals surface area contributed by atoms with Crippen LogP contribution in [0.25, 0.3) is 12.2 Å². The maximum atomic E-state index is 12.8. The number of amides is 2. The van der Waals surface area contributed by atoms with Crippen LogP contribution < -0.4 is 10.4 Å². The number of rotatable bonds is 6. The van der Waals surface area contributed by atoms with E-state index < -0.39 is 23.8 Å². The summed E-state index contributed by atoms with van der Waals surface area (Å²) in [5, 5.41) is 9.40. The van der Waals surface area contributed by atoms with Gasteiger partial charge in [0, 0.05) is 42.0 Å². The Morgan fingerprint density at radius 2 is 1.78 bits per heavy atom. The summed E-state index contributed by atoms with van der Waals surface area (Å²) in [5.41, 5.74) is 2.36. The summed E-state index contributed by atoms with van der Waals surface area (Å²) < 4.78 is 41.5. The van der Waals surface area contributed by atoms with E-state index in [1.165, 1.54) is 30.4 Å². The van der Waals surface area contributed by atoms with Gasteiger partial charge in [-0.05, 0) is 48.9 Å². The first-order chi connectivity index (χ1) is 17.5. The lowest BCUT2D eigenvalue weighted by Gasteiger charge is -2.35. The largest absolute Gasteiger partial charge is 0.491 e. The Labute approximate surface area is 213 Å². The minimum absolute atomic E-state index is 0.0444. The van der Waals surface area contributed by atoms with Gasteiger partial charge < -0.3 is 14.5 Å². The Morgan fingerprint density at radius 3 is 2.41 bits per heavy atom. The number of hydroxylamine groups is 1. The van der Waals surface area contributed by atoms with E-state index >= 15 is 0 Å². The average molecular weight is 537 g/mol. The Hall–Kier alpha value is -3.90. The van der Waals surface area contributed by atoms with E-state index in [9.17, 15) is 27.6 Å². The Morgan fingerprint density at radius 1 is 1.08 bits per heavy atom. The fraction of sp³-hybridized carbons (Fsp3) is 0.250. The van der Waals surface area contributed by atoms with Gasteiger partial charge in [0.15, 0.2) is 5.76 Å². The van der Waals surface area contributed by atoms with Gasteiger partial charge in [0.05, 0.1) is 17.4 Å². The fourth-order valence-corrected chi connectivity index (χ4v) is 4.39. The molecule has 0 saturated carbocycles. The molecule has 194 valence electrons. The molecule has 3 heterocycles. The number of benzene rings is 1. The highest BCUT2D eigenvalue weighted by Gasteiger charge is 2.45. The quantitative estimate of drug-likeness (QED) is 0.192. The average Bonchev–Trinajstić information content (AvgIpc) is 3.48. The van der Waals surface area contributed by atoms with Crippen molar-refractivity contribution in [2.75, 3.05) is 18.0 Å². The molecule has 0 spiro atoms. The molecule has 9 nitrogen and oxygen atoms in total. The van der Waals surface area contributed by atoms with Gasteiger partial charge in [0.2, 0.25) is 5.91 Å². The number of pyridine rings is 1. The molecule has 2 bridgehead atoms. The maximum absolute atomic E-state index is 12.8. The fourth-order valence-electron chi connectivity index (χ4n) is 4.27. The van der Waals surface area contributed by atoms with Crippen LogP contribution >= 0.6 is 11.6 Å². The maximum Gasteiger partial charge on any atom is 0.491 e. The zero-order chi connectivity index (χ0) is 26.7. The first-order valence-electron chi connectivity index (χ1n) is 11.0. The van der Waals surface area contributed by atoms with E-state index in [-0.39, 0.29) is 29.4 Å². The normalized spacial score (nSPS) is 19.4. The van der Waals surface area contributed by atoms with Crippen molar-refractivity contribution in [2.24, 2.45) is 0 Å². The molecule has 2 amide bonds. The molecule has 0 radical (unpaired) electrons. The molecular formula is C24H20ClF3N4O5. The van der Waals surface area contributed by atoms with Gasteiger partial charge in [0.1, 0.15) is 0 Å². The standard InChI is InChI=1S/C24H20ClF3N4O5/c25-14-4-7-17(8-5-14)31-12-19-11-18(31)13-32(19)21(33)9-6-15-2-1-3-16(29-15)10-20(22(34)30-36)37-23(35)24(26,27)28/h1-10,18-19,36H,11-13H2,(H,30,34)/b9-6+,20-10+/t18-,19-/m0/s1. The molecule has 2 aliphatic rings. The van der Waals surface area contributed by atoms with Gasteiger partial charge >= 0.3 is 18.1 Å². The second-order valence-electron chi connectivity index (χ2n) is 8.32. The Bertz CT molecular complexity index is 1270. The lowest BCUT2D eigenvalue weighted by atomic mass is 10.2. The van der Waals surface area contributed by atoms with Crippen molar-refractivity contribution in [3.63, 3.8) is 0 Å². The van der Waals surface area contributed by atoms with E-state index in [4.69, 9.17) is 16.8 Å². The van der Waals surface area contributed by atoms with Crippen LogP contribution in [-0.4, -0.2) is 64.2 Å². The number of hydrogen-bond donors (Lipinski definition) is 2. The van der Waals surface area contributed by atoms with Crippen LogP contribution in [0, 0.1) is 0 Å². The van der Waals surface area contributed by atoms with Crippen LogP contribution in [0.2, 0.25) is 5.02 Å². The van der Waals surface area contributed by atoms with Crippen molar-refractivity contribution in [1.82, 2.24) is 15.4 Å². The third kappa shape index (κ3) is 6.09. The van der Waals surface area contributed by atoms with Crippen LogP contribution in [-0.2, 0) is 19.1 Å². The van der Waals surface area contributed by atoms with Crippen molar-refractivity contribution >= 4 is 47.2 Å². The highest BCUT2D eigenvalue weighted by atomic mass is 35.5. The summed E-state index contributed by atoms with van der Waals surface area (Å²) >= 11 is 5.96. The van der Waals surface area contributed by atoms with Gasteiger partial charge in [-0.3, -0.25) is 14.8 Å². The number of esters is 1. The number of anilines is 1. The molecular weight excluding hydrogens is 517 g/mol. The summed E-state index contributed by atoms with van der Waals surface area (Å²) in [5.74, 6) is -5.45. The summed E-state index contributed by atoms with van der Waals surface area (Å²) in [4.78, 5) is 43.7. The summed E-state index contributed by atoms with van der Waals surface area (Å²) in [6.07, 6.45) is -0.995. The lowest BCUT2D eigenvalue weighted by molar-refractivity contribution is -0.195. The number of carbonyl (C=O) groups is 3. The van der Waals surface area contributed by atoms with Crippen molar-refractivity contribution in [2.45, 2.75) is 24.7 Å². The lowest BCUT2D eigenvalue weighted by Crippen LogP contribution is -2.48. The molecule has 1 aromatic carbocycles. The number of carbonyl (C=O) groups excluding carboxylic acids is 3. The number of ether oxygens (including phenoxy) is 1. The van der Waals surface area contributed by atoms with Gasteiger partial charge in [-0.2, -0.15) is 13.2 Å². The molecule has 2 N–H and O–H groups in total. The van der Waals surface area contributed by atoms with Crippen LogP contribution in [0.3, 0.4) is 0 Å². The number of halogens is 4. The van der Waals surface area contributed by atoms with Gasteiger partial charge in [0.25, 0.3) is 0 Å². The number of alkyl halides is 3. The van der Waals surface area contributed by atoms with Crippen molar-refractivity contribution in [1.29, 1.82) is 0 Å². The second kappa shape index (κ2) is 10.6. The monoisotopic (exact) mass is 536 g/mol. The first kappa shape index (κ1) is 26.2. The molecule has 0 unspecified atom stereocenters. The zero-order valence-corrected chi connectivity index (χ0v) is 19.7. The molecule has 0 aliphatic carbocycles. The Balaban J connectivity index is 1.42. The van der Waals surface area contributed by atoms with Crippen LogP contribution in [0.5, 0.6) is 0 Å². The van der Waals surface area contributed by atoms with Crippen LogP contribution in [0.15, 0.2) is 54.3 Å². The van der Waals surface area contributed by atoms with Crippen LogP contribution in [0.1, 0.15) is 17.8 Å². The third-order valence-electron chi connectivity index (χ3n) is 5.91. The summed E-state index contributed by atoms with van der Waals surface area (Å²) in [6, 6.07) is 12.1. The van der Waals surface area contributed by atoms with Gasteiger partial charge in [-0.25, -0.2) is 15.3 Å². The molecule has 2 fully saturated rings. The number of aromatic nitrogens is 1. The van der Waals surface area contributed by atoms with Crippen molar-refractivity contribution in [3.05, 3.63) is 70.7 Å². The molecule has 2 atom stereocenters. The predicted octanol–water partition coefficient (Wildman–Crippen LogP) is 3.19. The van der Waals surface area contributed by atoms with E-state index in [1.807, 2.05) is 24.3 Å².